The van der Waals surface area contributed by atoms with E-state index >= 15 is 0 Å². The third-order valence-electron chi connectivity index (χ3n) is 3.63. The molecule has 1 fully saturated rings. The lowest BCUT2D eigenvalue weighted by Crippen LogP contribution is -2.62. The lowest BCUT2D eigenvalue weighted by Gasteiger charge is -2.39. The fourth-order valence-electron chi connectivity index (χ4n) is 2.48. The molecule has 0 aromatic carbocycles. The Morgan fingerprint density at radius 3 is 1.59 bits per heavy atom. The van der Waals surface area contributed by atoms with Crippen molar-refractivity contribution in [1.29, 1.82) is 0 Å². The van der Waals surface area contributed by atoms with E-state index in [9.17, 15) is 26.3 Å². The molecule has 1 atom stereocenters. The maximum atomic E-state index is 12.5. The van der Waals surface area contributed by atoms with Gasteiger partial charge in [-0.05, 0) is 5.92 Å². The summed E-state index contributed by atoms with van der Waals surface area (Å²) in [5.74, 6) is -2.60. The fraction of sp³-hybridized carbons (Fsp3) is 1.00. The summed E-state index contributed by atoms with van der Waals surface area (Å²) < 4.78 is 75.2. The van der Waals surface area contributed by atoms with Crippen LogP contribution in [0, 0.1) is 11.8 Å². The fourth-order valence-corrected chi connectivity index (χ4v) is 2.48. The normalized spacial score (nSPS) is 21.9. The lowest BCUT2D eigenvalue weighted by molar-refractivity contribution is -0.387. The van der Waals surface area contributed by atoms with Crippen molar-refractivity contribution >= 4 is 0 Å². The number of hydrogen-bond acceptors (Lipinski definition) is 1. The van der Waals surface area contributed by atoms with Crippen LogP contribution in [0.3, 0.4) is 0 Å². The second-order valence-corrected chi connectivity index (χ2v) is 4.60. The zero-order valence-corrected chi connectivity index (χ0v) is 9.20. The van der Waals surface area contributed by atoms with Crippen LogP contribution in [0.25, 0.3) is 0 Å². The van der Waals surface area contributed by atoms with E-state index in [0.717, 1.165) is 6.92 Å². The molecule has 1 rings (SSSR count). The van der Waals surface area contributed by atoms with Gasteiger partial charge in [0, 0.05) is 5.92 Å². The van der Waals surface area contributed by atoms with Gasteiger partial charge in [0.15, 0.2) is 0 Å². The molecule has 0 unspecified atom stereocenters. The molecular formula is C10H14F6O. The summed E-state index contributed by atoms with van der Waals surface area (Å²) in [6.07, 6.45) is -9.58. The van der Waals surface area contributed by atoms with E-state index in [1.54, 1.807) is 0 Å². The van der Waals surface area contributed by atoms with Gasteiger partial charge in [0.2, 0.25) is 0 Å². The summed E-state index contributed by atoms with van der Waals surface area (Å²) in [5.41, 5.74) is -4.60. The smallest absolute Gasteiger partial charge is 0.373 e. The van der Waals surface area contributed by atoms with Gasteiger partial charge in [-0.25, -0.2) is 0 Å². The van der Waals surface area contributed by atoms with Crippen LogP contribution in [0.1, 0.15) is 32.6 Å². The van der Waals surface area contributed by atoms with Gasteiger partial charge in [-0.3, -0.25) is 0 Å². The molecule has 1 aliphatic carbocycles. The number of aliphatic hydroxyl groups is 1. The molecule has 7 heteroatoms. The van der Waals surface area contributed by atoms with Crippen LogP contribution in [0.2, 0.25) is 0 Å². The van der Waals surface area contributed by atoms with Crippen LogP contribution in [-0.4, -0.2) is 23.1 Å². The second-order valence-electron chi connectivity index (χ2n) is 4.60. The van der Waals surface area contributed by atoms with Gasteiger partial charge < -0.3 is 5.11 Å². The van der Waals surface area contributed by atoms with Crippen molar-refractivity contribution in [2.24, 2.45) is 11.8 Å². The molecule has 0 spiro atoms. The highest BCUT2D eigenvalue weighted by Crippen LogP contribution is 2.51. The van der Waals surface area contributed by atoms with Gasteiger partial charge >= 0.3 is 12.4 Å². The first-order valence-electron chi connectivity index (χ1n) is 5.37. The highest BCUT2D eigenvalue weighted by atomic mass is 19.4. The quantitative estimate of drug-likeness (QED) is 0.754. The van der Waals surface area contributed by atoms with Crippen LogP contribution in [0.5, 0.6) is 0 Å². The molecule has 0 bridgehead atoms. The Hall–Kier alpha value is -0.460. The average molecular weight is 264 g/mol. The Morgan fingerprint density at radius 2 is 1.29 bits per heavy atom. The first kappa shape index (κ1) is 14.6. The van der Waals surface area contributed by atoms with Crippen molar-refractivity contribution in [1.82, 2.24) is 0 Å². The van der Waals surface area contributed by atoms with Gasteiger partial charge in [0.1, 0.15) is 0 Å². The average Bonchev–Trinajstić information content (AvgIpc) is 2.64. The number of rotatable bonds is 2. The molecule has 102 valence electrons. The summed E-state index contributed by atoms with van der Waals surface area (Å²) in [4.78, 5) is 0. The zero-order valence-electron chi connectivity index (χ0n) is 9.20. The molecule has 1 saturated carbocycles. The van der Waals surface area contributed by atoms with Crippen molar-refractivity contribution in [3.05, 3.63) is 0 Å². The summed E-state index contributed by atoms with van der Waals surface area (Å²) >= 11 is 0. The maximum absolute atomic E-state index is 12.5. The molecule has 0 amide bonds. The van der Waals surface area contributed by atoms with Gasteiger partial charge in [0.25, 0.3) is 5.60 Å². The topological polar surface area (TPSA) is 20.2 Å². The van der Waals surface area contributed by atoms with Crippen molar-refractivity contribution in [2.75, 3.05) is 0 Å². The summed E-state index contributed by atoms with van der Waals surface area (Å²) in [7, 11) is 0. The molecule has 0 aromatic rings. The third kappa shape index (κ3) is 2.39. The molecule has 1 N–H and O–H groups in total. The molecular weight excluding hydrogens is 250 g/mol. The number of alkyl halides is 6. The van der Waals surface area contributed by atoms with Crippen LogP contribution in [0.4, 0.5) is 26.3 Å². The van der Waals surface area contributed by atoms with Crippen molar-refractivity contribution in [3.63, 3.8) is 0 Å². The number of hydrogen-bond donors (Lipinski definition) is 1. The van der Waals surface area contributed by atoms with Gasteiger partial charge in [-0.1, -0.05) is 32.6 Å². The summed E-state index contributed by atoms with van der Waals surface area (Å²) in [6.45, 7) is 0.830. The molecule has 0 aromatic heterocycles. The SMILES string of the molecule is C[C@@H](C1CCCC1)C(O)(C(F)(F)F)C(F)(F)F. The zero-order chi connectivity index (χ0) is 13.5. The van der Waals surface area contributed by atoms with Crippen LogP contribution in [-0.2, 0) is 0 Å². The first-order valence-corrected chi connectivity index (χ1v) is 5.37. The minimum absolute atomic E-state index is 0.301. The molecule has 0 heterocycles. The second kappa shape index (κ2) is 4.33. The molecule has 17 heavy (non-hydrogen) atoms. The van der Waals surface area contributed by atoms with Crippen LogP contribution in [0.15, 0.2) is 0 Å². The van der Waals surface area contributed by atoms with E-state index in [1.807, 2.05) is 0 Å². The lowest BCUT2D eigenvalue weighted by atomic mass is 9.77. The summed E-state index contributed by atoms with van der Waals surface area (Å²) in [5, 5.41) is 9.16. The van der Waals surface area contributed by atoms with E-state index in [1.165, 1.54) is 0 Å². The Balaban J connectivity index is 3.06. The monoisotopic (exact) mass is 264 g/mol. The predicted molar refractivity (Wildman–Crippen MR) is 48.2 cm³/mol. The highest BCUT2D eigenvalue weighted by molar-refractivity contribution is 5.00. The van der Waals surface area contributed by atoms with E-state index in [2.05, 4.69) is 0 Å². The Labute approximate surface area is 94.8 Å². The van der Waals surface area contributed by atoms with E-state index in [0.29, 0.717) is 25.7 Å². The minimum atomic E-state index is -5.70. The predicted octanol–water partition coefficient (Wildman–Crippen LogP) is 3.67. The first-order chi connectivity index (χ1) is 7.52. The Bertz CT molecular complexity index is 249. The summed E-state index contributed by atoms with van der Waals surface area (Å²) in [6, 6.07) is 0. The Morgan fingerprint density at radius 1 is 0.941 bits per heavy atom. The van der Waals surface area contributed by atoms with Gasteiger partial charge in [-0.15, -0.1) is 0 Å². The molecule has 0 saturated heterocycles. The Kier molecular flexibility index (Phi) is 3.72. The van der Waals surface area contributed by atoms with Crippen molar-refractivity contribution in [3.8, 4) is 0 Å². The molecule has 1 aliphatic rings. The third-order valence-corrected chi connectivity index (χ3v) is 3.63. The van der Waals surface area contributed by atoms with Crippen LogP contribution >= 0.6 is 0 Å². The van der Waals surface area contributed by atoms with Crippen LogP contribution < -0.4 is 0 Å². The van der Waals surface area contributed by atoms with Crippen molar-refractivity contribution in [2.45, 2.75) is 50.6 Å². The van der Waals surface area contributed by atoms with E-state index in [-0.39, 0.29) is 0 Å². The van der Waals surface area contributed by atoms with E-state index in [4.69, 9.17) is 5.11 Å². The van der Waals surface area contributed by atoms with Gasteiger partial charge in [-0.2, -0.15) is 26.3 Å². The largest absolute Gasteiger partial charge is 0.426 e. The minimum Gasteiger partial charge on any atom is -0.373 e. The molecule has 0 aliphatic heterocycles. The van der Waals surface area contributed by atoms with E-state index < -0.39 is 29.8 Å². The number of halogens is 6. The highest BCUT2D eigenvalue weighted by Gasteiger charge is 2.73. The van der Waals surface area contributed by atoms with Crippen molar-refractivity contribution < 1.29 is 31.4 Å². The molecule has 0 radical (unpaired) electrons. The van der Waals surface area contributed by atoms with Gasteiger partial charge in [0.05, 0.1) is 0 Å². The standard InChI is InChI=1S/C10H14F6O/c1-6(7-4-2-3-5-7)8(17,9(11,12)13)10(14,15)16/h6-7,17H,2-5H2,1H3/t6-/m0/s1. The molecule has 1 nitrogen and oxygen atoms in total. The maximum Gasteiger partial charge on any atom is 0.426 e.